The van der Waals surface area contributed by atoms with Crippen molar-refractivity contribution >= 4 is 33.4 Å². The Morgan fingerprint density at radius 3 is 2.27 bits per heavy atom. The van der Waals surface area contributed by atoms with E-state index < -0.39 is 11.7 Å². The van der Waals surface area contributed by atoms with E-state index in [0.717, 1.165) is 25.7 Å². The number of unbranched alkanes of at least 4 members (excludes halogenated alkanes) is 1. The van der Waals surface area contributed by atoms with Crippen LogP contribution in [0.3, 0.4) is 0 Å². The van der Waals surface area contributed by atoms with Gasteiger partial charge in [-0.25, -0.2) is 0 Å². The van der Waals surface area contributed by atoms with Crippen LogP contribution in [0.5, 0.6) is 0 Å². The van der Waals surface area contributed by atoms with Crippen LogP contribution in [0.4, 0.5) is 0 Å². The van der Waals surface area contributed by atoms with Crippen molar-refractivity contribution in [3.63, 3.8) is 0 Å². The first kappa shape index (κ1) is 22.0. The molecule has 0 saturated heterocycles. The predicted octanol–water partition coefficient (Wildman–Crippen LogP) is 4.87. The summed E-state index contributed by atoms with van der Waals surface area (Å²) in [4.78, 5) is 38.9. The number of hydrogen-bond donors (Lipinski definition) is 2. The number of hydrogen-bond acceptors (Lipinski definition) is 5. The van der Waals surface area contributed by atoms with Crippen LogP contribution in [0.15, 0.2) is 56.9 Å². The second-order valence-corrected chi connectivity index (χ2v) is 8.09. The SMILES string of the molecule is CCCC[C@@H](CC)CNC1=C(NC(=O)c2ccc(Br)o2)C(=O)c2ccccc2C1=O. The summed E-state index contributed by atoms with van der Waals surface area (Å²) >= 11 is 3.16. The van der Waals surface area contributed by atoms with Gasteiger partial charge in [-0.15, -0.1) is 0 Å². The van der Waals surface area contributed by atoms with Gasteiger partial charge in [0.15, 0.2) is 10.4 Å². The number of Topliss-reactive ketones (excluding diaryl/α,β-unsaturated/α-hetero) is 2. The molecular weight excluding hydrogens is 448 g/mol. The molecule has 1 aromatic carbocycles. The molecular formula is C23H25BrN2O4. The lowest BCUT2D eigenvalue weighted by Crippen LogP contribution is -2.39. The van der Waals surface area contributed by atoms with Gasteiger partial charge >= 0.3 is 0 Å². The Labute approximate surface area is 184 Å². The van der Waals surface area contributed by atoms with Crippen molar-refractivity contribution in [1.82, 2.24) is 10.6 Å². The van der Waals surface area contributed by atoms with Crippen molar-refractivity contribution in [2.45, 2.75) is 39.5 Å². The van der Waals surface area contributed by atoms with E-state index in [2.05, 4.69) is 40.4 Å². The molecule has 1 aliphatic rings. The standard InChI is InChI=1S/C23H25BrN2O4/c1-3-5-8-14(4-2)13-25-19-20(26-23(29)17-11-12-18(24)30-17)22(28)16-10-7-6-9-15(16)21(19)27/h6-7,9-12,14,25H,3-5,8,13H2,1-2H3,(H,26,29)/t14-/m1/s1. The number of carbonyl (C=O) groups is 3. The zero-order valence-corrected chi connectivity index (χ0v) is 18.7. The van der Waals surface area contributed by atoms with E-state index in [9.17, 15) is 14.4 Å². The van der Waals surface area contributed by atoms with Gasteiger partial charge in [0.1, 0.15) is 11.4 Å². The van der Waals surface area contributed by atoms with Gasteiger partial charge in [0.25, 0.3) is 5.91 Å². The monoisotopic (exact) mass is 472 g/mol. The molecule has 2 N–H and O–H groups in total. The number of carbonyl (C=O) groups excluding carboxylic acids is 3. The van der Waals surface area contributed by atoms with E-state index in [1.807, 2.05) is 0 Å². The first-order valence-electron chi connectivity index (χ1n) is 10.2. The van der Waals surface area contributed by atoms with Crippen LogP contribution >= 0.6 is 15.9 Å². The number of rotatable bonds is 9. The zero-order chi connectivity index (χ0) is 21.7. The van der Waals surface area contributed by atoms with Crippen LogP contribution in [-0.4, -0.2) is 24.0 Å². The number of furan rings is 1. The lowest BCUT2D eigenvalue weighted by Gasteiger charge is -2.24. The second-order valence-electron chi connectivity index (χ2n) is 7.31. The molecule has 158 valence electrons. The third-order valence-corrected chi connectivity index (χ3v) is 5.69. The van der Waals surface area contributed by atoms with Gasteiger partial charge in [-0.1, -0.05) is 57.4 Å². The highest BCUT2D eigenvalue weighted by Crippen LogP contribution is 2.25. The number of nitrogens with one attached hydrogen (secondary N) is 2. The number of benzene rings is 1. The molecule has 0 saturated carbocycles. The van der Waals surface area contributed by atoms with Crippen LogP contribution in [0.25, 0.3) is 0 Å². The van der Waals surface area contributed by atoms with Gasteiger partial charge in [0, 0.05) is 17.7 Å². The smallest absolute Gasteiger partial charge is 0.291 e. The van der Waals surface area contributed by atoms with Gasteiger partial charge in [-0.3, -0.25) is 14.4 Å². The first-order chi connectivity index (χ1) is 14.5. The van der Waals surface area contributed by atoms with Gasteiger partial charge in [0.05, 0.1) is 0 Å². The van der Waals surface area contributed by atoms with E-state index in [1.54, 1.807) is 30.3 Å². The van der Waals surface area contributed by atoms with E-state index in [4.69, 9.17) is 4.42 Å². The van der Waals surface area contributed by atoms with Crippen molar-refractivity contribution in [1.29, 1.82) is 0 Å². The molecule has 0 bridgehead atoms. The average Bonchev–Trinajstić information content (AvgIpc) is 3.20. The molecule has 7 heteroatoms. The van der Waals surface area contributed by atoms with Crippen LogP contribution in [0.1, 0.15) is 70.8 Å². The molecule has 0 fully saturated rings. The Balaban J connectivity index is 1.92. The molecule has 0 aliphatic heterocycles. The molecule has 3 rings (SSSR count). The molecule has 0 spiro atoms. The fraction of sp³-hybridized carbons (Fsp3) is 0.348. The lowest BCUT2D eigenvalue weighted by molar-refractivity contribution is 0.0899. The maximum atomic E-state index is 13.2. The molecule has 6 nitrogen and oxygen atoms in total. The Morgan fingerprint density at radius 1 is 1.03 bits per heavy atom. The van der Waals surface area contributed by atoms with Crippen molar-refractivity contribution in [2.75, 3.05) is 6.54 Å². The van der Waals surface area contributed by atoms with Crippen molar-refractivity contribution in [3.8, 4) is 0 Å². The van der Waals surface area contributed by atoms with Crippen molar-refractivity contribution in [2.24, 2.45) is 5.92 Å². The predicted molar refractivity (Wildman–Crippen MR) is 117 cm³/mol. The highest BCUT2D eigenvalue weighted by atomic mass is 79.9. The van der Waals surface area contributed by atoms with Crippen LogP contribution in [0, 0.1) is 5.92 Å². The number of halogens is 1. The zero-order valence-electron chi connectivity index (χ0n) is 17.1. The van der Waals surface area contributed by atoms with Crippen LogP contribution < -0.4 is 10.6 Å². The summed E-state index contributed by atoms with van der Waals surface area (Å²) < 4.78 is 5.68. The highest BCUT2D eigenvalue weighted by Gasteiger charge is 2.33. The van der Waals surface area contributed by atoms with E-state index in [-0.39, 0.29) is 28.5 Å². The molecule has 0 unspecified atom stereocenters. The van der Waals surface area contributed by atoms with E-state index >= 15 is 0 Å². The third-order valence-electron chi connectivity index (χ3n) is 5.27. The molecule has 1 aliphatic carbocycles. The summed E-state index contributed by atoms with van der Waals surface area (Å²) in [5.41, 5.74) is 0.710. The maximum Gasteiger partial charge on any atom is 0.291 e. The van der Waals surface area contributed by atoms with Crippen LogP contribution in [-0.2, 0) is 0 Å². The van der Waals surface area contributed by atoms with Gasteiger partial charge in [-0.2, -0.15) is 0 Å². The normalized spacial score (nSPS) is 14.5. The number of allylic oxidation sites excluding steroid dienone is 2. The Bertz CT molecular complexity index is 993. The van der Waals surface area contributed by atoms with Gasteiger partial charge in [0.2, 0.25) is 11.6 Å². The summed E-state index contributed by atoms with van der Waals surface area (Å²) in [6.45, 7) is 4.80. The fourth-order valence-electron chi connectivity index (χ4n) is 3.46. The third kappa shape index (κ3) is 4.73. The van der Waals surface area contributed by atoms with Gasteiger partial charge < -0.3 is 15.1 Å². The largest absolute Gasteiger partial charge is 0.444 e. The minimum absolute atomic E-state index is 0.0402. The number of ketones is 2. The lowest BCUT2D eigenvalue weighted by atomic mass is 9.89. The topological polar surface area (TPSA) is 88.4 Å². The Kier molecular flexibility index (Phi) is 7.26. The Morgan fingerprint density at radius 2 is 1.70 bits per heavy atom. The summed E-state index contributed by atoms with van der Waals surface area (Å²) in [5, 5.41) is 5.77. The van der Waals surface area contributed by atoms with Crippen molar-refractivity contribution < 1.29 is 18.8 Å². The van der Waals surface area contributed by atoms with Gasteiger partial charge in [-0.05, 0) is 40.4 Å². The molecule has 1 atom stereocenters. The first-order valence-corrected chi connectivity index (χ1v) is 11.0. The molecule has 1 aromatic heterocycles. The highest BCUT2D eigenvalue weighted by molar-refractivity contribution is 9.10. The fourth-order valence-corrected chi connectivity index (χ4v) is 3.77. The summed E-state index contributed by atoms with van der Waals surface area (Å²) in [5.74, 6) is -0.869. The molecule has 1 heterocycles. The molecule has 0 radical (unpaired) electrons. The number of amides is 1. The van der Waals surface area contributed by atoms with Crippen molar-refractivity contribution in [3.05, 3.63) is 69.3 Å². The number of fused-ring (bicyclic) bond motifs is 1. The summed E-state index contributed by atoms with van der Waals surface area (Å²) in [7, 11) is 0. The average molecular weight is 473 g/mol. The minimum atomic E-state index is -0.589. The van der Waals surface area contributed by atoms with E-state index in [1.165, 1.54) is 6.07 Å². The molecule has 30 heavy (non-hydrogen) atoms. The minimum Gasteiger partial charge on any atom is -0.444 e. The summed E-state index contributed by atoms with van der Waals surface area (Å²) in [6, 6.07) is 9.73. The maximum absolute atomic E-state index is 13.2. The second kappa shape index (κ2) is 9.89. The quantitative estimate of drug-likeness (QED) is 0.543. The molecule has 1 amide bonds. The Hall–Kier alpha value is -2.67. The van der Waals surface area contributed by atoms with Crippen LogP contribution in [0.2, 0.25) is 0 Å². The summed E-state index contributed by atoms with van der Waals surface area (Å²) in [6.07, 6.45) is 4.20. The van der Waals surface area contributed by atoms with E-state index in [0.29, 0.717) is 22.7 Å². The molecule has 2 aromatic rings.